The molecule has 0 saturated carbocycles. The first-order valence-corrected chi connectivity index (χ1v) is 8.78. The van der Waals surface area contributed by atoms with E-state index in [2.05, 4.69) is 10.1 Å². The van der Waals surface area contributed by atoms with Crippen LogP contribution in [0.1, 0.15) is 16.8 Å². The number of aliphatic imine (C=N–C) groups is 1. The number of hydrogen-bond acceptors (Lipinski definition) is 3. The fraction of sp³-hybridized carbons (Fsp3) is 0.235. The van der Waals surface area contributed by atoms with Crippen molar-refractivity contribution in [1.82, 2.24) is 14.7 Å². The van der Waals surface area contributed by atoms with Crippen molar-refractivity contribution in [3.8, 4) is 11.8 Å². The van der Waals surface area contributed by atoms with Crippen molar-refractivity contribution >= 4 is 40.9 Å². The summed E-state index contributed by atoms with van der Waals surface area (Å²) >= 11 is 11.7. The third-order valence-electron chi connectivity index (χ3n) is 3.66. The molecule has 0 unspecified atom stereocenters. The molecule has 2 rings (SSSR count). The van der Waals surface area contributed by atoms with Gasteiger partial charge in [-0.1, -0.05) is 23.2 Å². The third kappa shape index (κ3) is 5.13. The summed E-state index contributed by atoms with van der Waals surface area (Å²) in [6.45, 7) is 0. The smallest absolute Gasteiger partial charge is 0.369 e. The summed E-state index contributed by atoms with van der Waals surface area (Å²) < 4.78 is 106. The van der Waals surface area contributed by atoms with Crippen LogP contribution in [0.4, 0.5) is 40.9 Å². The molecule has 1 heterocycles. The molecular formula is C17H9Cl2F8N5. The van der Waals surface area contributed by atoms with Crippen molar-refractivity contribution < 1.29 is 35.1 Å². The van der Waals surface area contributed by atoms with Gasteiger partial charge in [-0.25, -0.2) is 9.67 Å². The van der Waals surface area contributed by atoms with Gasteiger partial charge in [0.25, 0.3) is 6.08 Å². The number of rotatable bonds is 4. The van der Waals surface area contributed by atoms with Crippen molar-refractivity contribution in [2.75, 3.05) is 14.1 Å². The normalized spacial score (nSPS) is 12.2. The van der Waals surface area contributed by atoms with Crippen LogP contribution in [0.3, 0.4) is 0 Å². The van der Waals surface area contributed by atoms with Crippen molar-refractivity contribution in [3.05, 3.63) is 45.1 Å². The molecular weight excluding hydrogens is 497 g/mol. The zero-order valence-electron chi connectivity index (χ0n) is 15.7. The predicted molar refractivity (Wildman–Crippen MR) is 100 cm³/mol. The quantitative estimate of drug-likeness (QED) is 0.272. The number of aromatic nitrogens is 2. The lowest BCUT2D eigenvalue weighted by Gasteiger charge is -2.14. The minimum atomic E-state index is -5.63. The first kappa shape index (κ1) is 25.4. The second kappa shape index (κ2) is 8.95. The van der Waals surface area contributed by atoms with E-state index in [1.807, 2.05) is 0 Å². The van der Waals surface area contributed by atoms with Gasteiger partial charge in [0, 0.05) is 14.1 Å². The van der Waals surface area contributed by atoms with Gasteiger partial charge in [-0.15, -0.1) is 0 Å². The number of benzene rings is 1. The van der Waals surface area contributed by atoms with Gasteiger partial charge in [-0.3, -0.25) is 0 Å². The highest BCUT2D eigenvalue weighted by atomic mass is 35.5. The molecule has 0 aliphatic rings. The van der Waals surface area contributed by atoms with Crippen LogP contribution in [-0.4, -0.2) is 41.3 Å². The van der Waals surface area contributed by atoms with Crippen molar-refractivity contribution in [1.29, 1.82) is 5.26 Å². The Labute approximate surface area is 184 Å². The van der Waals surface area contributed by atoms with Gasteiger partial charge in [0.15, 0.2) is 11.5 Å². The largest absolute Gasteiger partial charge is 0.422 e. The van der Waals surface area contributed by atoms with Gasteiger partial charge >= 0.3 is 12.4 Å². The molecule has 0 aliphatic carbocycles. The maximum Gasteiger partial charge on any atom is 0.422 e. The predicted octanol–water partition coefficient (Wildman–Crippen LogP) is 6.46. The Morgan fingerprint density at radius 2 is 1.66 bits per heavy atom. The monoisotopic (exact) mass is 505 g/mol. The van der Waals surface area contributed by atoms with Crippen molar-refractivity contribution in [2.45, 2.75) is 12.4 Å². The van der Waals surface area contributed by atoms with E-state index in [0.29, 0.717) is 16.8 Å². The van der Waals surface area contributed by atoms with Gasteiger partial charge in [-0.2, -0.15) is 45.5 Å². The topological polar surface area (TPSA) is 57.2 Å². The summed E-state index contributed by atoms with van der Waals surface area (Å²) in [4.78, 5) is 4.88. The van der Waals surface area contributed by atoms with Crippen molar-refractivity contribution in [3.63, 3.8) is 0 Å². The van der Waals surface area contributed by atoms with E-state index >= 15 is 0 Å². The minimum Gasteiger partial charge on any atom is -0.369 e. The van der Waals surface area contributed by atoms with E-state index < -0.39 is 62.4 Å². The summed E-state index contributed by atoms with van der Waals surface area (Å²) in [5, 5.41) is 11.3. The summed E-state index contributed by atoms with van der Waals surface area (Å²) in [5.74, 6) is -0.959. The maximum absolute atomic E-state index is 13.4. The molecule has 0 fully saturated rings. The SMILES string of the molecule is CN(C)/C=N\c1c(C(=C(F)F)C(F)(F)F)c(C#N)nn1-c1c(Cl)cc(C(F)(F)F)cc1Cl. The lowest BCUT2D eigenvalue weighted by atomic mass is 10.1. The molecule has 1 aromatic carbocycles. The van der Waals surface area contributed by atoms with E-state index in [9.17, 15) is 40.4 Å². The Morgan fingerprint density at radius 1 is 1.12 bits per heavy atom. The second-order valence-electron chi connectivity index (χ2n) is 6.20. The fourth-order valence-corrected chi connectivity index (χ4v) is 3.08. The Bertz CT molecular complexity index is 1110. The Balaban J connectivity index is 3.01. The molecule has 1 aromatic heterocycles. The lowest BCUT2D eigenvalue weighted by molar-refractivity contribution is -0.137. The Kier molecular flexibility index (Phi) is 7.11. The maximum atomic E-state index is 13.4. The molecule has 0 saturated heterocycles. The van der Waals surface area contributed by atoms with Crippen LogP contribution in [0, 0.1) is 11.3 Å². The van der Waals surface area contributed by atoms with Crippen LogP contribution in [0.25, 0.3) is 11.3 Å². The molecule has 5 nitrogen and oxygen atoms in total. The molecule has 2 aromatic rings. The molecule has 32 heavy (non-hydrogen) atoms. The van der Waals surface area contributed by atoms with E-state index in [1.54, 1.807) is 0 Å². The van der Waals surface area contributed by atoms with Crippen LogP contribution in [-0.2, 0) is 6.18 Å². The summed E-state index contributed by atoms with van der Waals surface area (Å²) in [6.07, 6.45) is -12.8. The van der Waals surface area contributed by atoms with Gasteiger partial charge in [0.1, 0.15) is 17.3 Å². The molecule has 0 amide bonds. The van der Waals surface area contributed by atoms with Crippen LogP contribution < -0.4 is 0 Å². The average molecular weight is 506 g/mol. The highest BCUT2D eigenvalue weighted by Crippen LogP contribution is 2.45. The van der Waals surface area contributed by atoms with Crippen LogP contribution in [0.15, 0.2) is 23.2 Å². The summed E-state index contributed by atoms with van der Waals surface area (Å²) in [6, 6.07) is 2.06. The average Bonchev–Trinajstić information content (AvgIpc) is 2.94. The lowest BCUT2D eigenvalue weighted by Crippen LogP contribution is -2.13. The van der Waals surface area contributed by atoms with Crippen LogP contribution in [0.2, 0.25) is 10.0 Å². The molecule has 0 radical (unpaired) electrons. The van der Waals surface area contributed by atoms with Gasteiger partial charge < -0.3 is 4.90 Å². The number of alkyl halides is 6. The molecule has 0 bridgehead atoms. The van der Waals surface area contributed by atoms with E-state index in [-0.39, 0.29) is 0 Å². The Morgan fingerprint density at radius 3 is 2.03 bits per heavy atom. The van der Waals surface area contributed by atoms with E-state index in [4.69, 9.17) is 23.2 Å². The number of hydrogen-bond donors (Lipinski definition) is 0. The highest BCUT2D eigenvalue weighted by molar-refractivity contribution is 6.38. The standard InChI is InChI=1S/C17H9Cl2F8N5/c1-31(2)6-29-15-11(12(14(20)21)17(25,26)27)10(5-28)30-32(15)13-8(18)3-7(4-9(13)19)16(22,23)24/h3-4,6H,1-2H3/b29-6-. The highest BCUT2D eigenvalue weighted by Gasteiger charge is 2.44. The van der Waals surface area contributed by atoms with E-state index in [1.165, 1.54) is 25.1 Å². The number of nitriles is 1. The first-order valence-electron chi connectivity index (χ1n) is 8.02. The minimum absolute atomic E-state index is 0.396. The Hall–Kier alpha value is -2.85. The molecule has 172 valence electrons. The van der Waals surface area contributed by atoms with Crippen LogP contribution in [0.5, 0.6) is 0 Å². The molecule has 0 spiro atoms. The summed E-state index contributed by atoms with van der Waals surface area (Å²) in [5.41, 5.74) is -6.91. The second-order valence-corrected chi connectivity index (χ2v) is 7.01. The van der Waals surface area contributed by atoms with Gasteiger partial charge in [-0.05, 0) is 12.1 Å². The van der Waals surface area contributed by atoms with E-state index in [0.717, 1.165) is 6.34 Å². The number of nitrogens with zero attached hydrogens (tertiary/aromatic N) is 5. The van der Waals surface area contributed by atoms with Gasteiger partial charge in [0.2, 0.25) is 0 Å². The molecule has 0 N–H and O–H groups in total. The number of halogens is 10. The van der Waals surface area contributed by atoms with Crippen molar-refractivity contribution in [2.24, 2.45) is 4.99 Å². The number of allylic oxidation sites excluding steroid dienone is 1. The molecule has 15 heteroatoms. The molecule has 0 aliphatic heterocycles. The summed E-state index contributed by atoms with van der Waals surface area (Å²) in [7, 11) is 2.78. The zero-order chi connectivity index (χ0) is 24.6. The first-order chi connectivity index (χ1) is 14.6. The molecule has 0 atom stereocenters. The van der Waals surface area contributed by atoms with Crippen LogP contribution >= 0.6 is 23.2 Å². The fourth-order valence-electron chi connectivity index (χ4n) is 2.44. The third-order valence-corrected chi connectivity index (χ3v) is 4.23. The zero-order valence-corrected chi connectivity index (χ0v) is 17.3. The van der Waals surface area contributed by atoms with Gasteiger partial charge in [0.05, 0.1) is 27.5 Å².